The van der Waals surface area contributed by atoms with Crippen LogP contribution in [0.4, 0.5) is 4.39 Å². The molecule has 0 atom stereocenters. The van der Waals surface area contributed by atoms with Gasteiger partial charge < -0.3 is 0 Å². The van der Waals surface area contributed by atoms with Crippen molar-refractivity contribution in [2.24, 2.45) is 0 Å². The lowest BCUT2D eigenvalue weighted by atomic mass is 10.1. The standard InChI is InChI=1S/C20H13BrFN5O/c21-16-7-18-15(6-17(16)22)20(26-25-18)19(28)5-14-9-24-27(11-14)10-13-3-1-2-12(4-13)8-23/h1-4,6-7,9,11H,5,10H2,(H,25,26). The fourth-order valence-corrected chi connectivity index (χ4v) is 3.35. The van der Waals surface area contributed by atoms with E-state index in [-0.39, 0.29) is 17.9 Å². The van der Waals surface area contributed by atoms with Crippen molar-refractivity contribution in [2.75, 3.05) is 0 Å². The Hall–Kier alpha value is -3.31. The zero-order valence-corrected chi connectivity index (χ0v) is 16.1. The van der Waals surface area contributed by atoms with Crippen molar-refractivity contribution in [3.05, 3.63) is 81.5 Å². The minimum absolute atomic E-state index is 0.107. The first kappa shape index (κ1) is 18.1. The second-order valence-electron chi connectivity index (χ2n) is 6.34. The number of hydrogen-bond acceptors (Lipinski definition) is 4. The number of ketones is 1. The summed E-state index contributed by atoms with van der Waals surface area (Å²) in [4.78, 5) is 12.6. The predicted octanol–water partition coefficient (Wildman–Crippen LogP) is 4.01. The van der Waals surface area contributed by atoms with Crippen LogP contribution in [0.2, 0.25) is 0 Å². The summed E-state index contributed by atoms with van der Waals surface area (Å²) in [5, 5.41) is 20.5. The van der Waals surface area contributed by atoms with E-state index in [0.717, 1.165) is 11.1 Å². The van der Waals surface area contributed by atoms with E-state index < -0.39 is 5.82 Å². The number of aromatic nitrogens is 4. The molecule has 6 nitrogen and oxygen atoms in total. The van der Waals surface area contributed by atoms with Crippen molar-refractivity contribution in [1.29, 1.82) is 5.26 Å². The maximum atomic E-state index is 13.8. The molecular formula is C20H13BrFN5O. The van der Waals surface area contributed by atoms with Crippen molar-refractivity contribution in [1.82, 2.24) is 20.0 Å². The summed E-state index contributed by atoms with van der Waals surface area (Å²) < 4.78 is 15.8. The third-order valence-corrected chi connectivity index (χ3v) is 4.93. The molecule has 1 N–H and O–H groups in total. The lowest BCUT2D eigenvalue weighted by molar-refractivity contribution is 0.0989. The number of rotatable bonds is 5. The molecule has 0 saturated carbocycles. The molecule has 28 heavy (non-hydrogen) atoms. The van der Waals surface area contributed by atoms with Crippen LogP contribution in [-0.2, 0) is 13.0 Å². The van der Waals surface area contributed by atoms with Crippen LogP contribution in [-0.4, -0.2) is 25.8 Å². The maximum absolute atomic E-state index is 13.8. The topological polar surface area (TPSA) is 87.4 Å². The summed E-state index contributed by atoms with van der Waals surface area (Å²) in [5.41, 5.74) is 3.06. The molecule has 0 spiro atoms. The summed E-state index contributed by atoms with van der Waals surface area (Å²) in [7, 11) is 0. The molecule has 0 aliphatic carbocycles. The van der Waals surface area contributed by atoms with Crippen molar-refractivity contribution >= 4 is 32.6 Å². The van der Waals surface area contributed by atoms with E-state index in [9.17, 15) is 9.18 Å². The highest BCUT2D eigenvalue weighted by atomic mass is 79.9. The van der Waals surface area contributed by atoms with Crippen LogP contribution in [0.1, 0.15) is 27.2 Å². The summed E-state index contributed by atoms with van der Waals surface area (Å²) in [6.45, 7) is 0.494. The number of aromatic amines is 1. The first-order chi connectivity index (χ1) is 13.5. The number of Topliss-reactive ketones (excluding diaryl/α,β-unsaturated/α-hetero) is 1. The SMILES string of the molecule is N#Cc1cccc(Cn2cc(CC(=O)c3n[nH]c4cc(Br)c(F)cc34)cn2)c1. The maximum Gasteiger partial charge on any atom is 0.188 e. The number of carbonyl (C=O) groups excluding carboxylic acids is 1. The fraction of sp³-hybridized carbons (Fsp3) is 0.100. The second-order valence-corrected chi connectivity index (χ2v) is 7.20. The van der Waals surface area contributed by atoms with Gasteiger partial charge in [0, 0.05) is 18.0 Å². The molecule has 0 saturated heterocycles. The molecule has 0 unspecified atom stereocenters. The Bertz CT molecular complexity index is 1240. The summed E-state index contributed by atoms with van der Waals surface area (Å²) in [6.07, 6.45) is 3.51. The Morgan fingerprint density at radius 1 is 1.29 bits per heavy atom. The number of hydrogen-bond donors (Lipinski definition) is 1. The Labute approximate surface area is 167 Å². The number of carbonyl (C=O) groups is 1. The van der Waals surface area contributed by atoms with Crippen LogP contribution in [0.3, 0.4) is 0 Å². The van der Waals surface area contributed by atoms with Gasteiger partial charge in [-0.1, -0.05) is 12.1 Å². The largest absolute Gasteiger partial charge is 0.292 e. The van der Waals surface area contributed by atoms with Crippen LogP contribution < -0.4 is 0 Å². The Morgan fingerprint density at radius 2 is 2.14 bits per heavy atom. The highest BCUT2D eigenvalue weighted by Gasteiger charge is 2.17. The van der Waals surface area contributed by atoms with E-state index >= 15 is 0 Å². The molecule has 0 fully saturated rings. The van der Waals surface area contributed by atoms with Gasteiger partial charge >= 0.3 is 0 Å². The quantitative estimate of drug-likeness (QED) is 0.477. The van der Waals surface area contributed by atoms with Gasteiger partial charge in [-0.2, -0.15) is 15.5 Å². The lowest BCUT2D eigenvalue weighted by Crippen LogP contribution is -2.04. The number of benzene rings is 2. The molecule has 0 amide bonds. The Balaban J connectivity index is 1.52. The third-order valence-electron chi connectivity index (χ3n) is 4.32. The third kappa shape index (κ3) is 3.57. The van der Waals surface area contributed by atoms with Gasteiger partial charge in [0.2, 0.25) is 0 Å². The van der Waals surface area contributed by atoms with Crippen molar-refractivity contribution in [3.63, 3.8) is 0 Å². The van der Waals surface area contributed by atoms with Gasteiger partial charge in [-0.15, -0.1) is 0 Å². The fourth-order valence-electron chi connectivity index (χ4n) is 3.00. The molecule has 4 rings (SSSR count). The van der Waals surface area contributed by atoms with E-state index in [1.54, 1.807) is 35.3 Å². The molecule has 0 bridgehead atoms. The smallest absolute Gasteiger partial charge is 0.188 e. The van der Waals surface area contributed by atoms with E-state index in [0.29, 0.717) is 27.5 Å². The van der Waals surface area contributed by atoms with Gasteiger partial charge in [-0.3, -0.25) is 14.6 Å². The number of H-pyrrole nitrogens is 1. The molecule has 0 radical (unpaired) electrons. The van der Waals surface area contributed by atoms with Crippen LogP contribution >= 0.6 is 15.9 Å². The summed E-state index contributed by atoms with van der Waals surface area (Å²) in [6, 6.07) is 12.2. The molecule has 2 aromatic heterocycles. The van der Waals surface area contributed by atoms with Gasteiger partial charge in [0.25, 0.3) is 0 Å². The second kappa shape index (κ2) is 7.37. The minimum atomic E-state index is -0.449. The molecular weight excluding hydrogens is 425 g/mol. The number of halogens is 2. The molecule has 0 aliphatic heterocycles. The summed E-state index contributed by atoms with van der Waals surface area (Å²) >= 11 is 3.12. The predicted molar refractivity (Wildman–Crippen MR) is 104 cm³/mol. The van der Waals surface area contributed by atoms with Crippen molar-refractivity contribution in [3.8, 4) is 6.07 Å². The number of fused-ring (bicyclic) bond motifs is 1. The van der Waals surface area contributed by atoms with Gasteiger partial charge in [0.05, 0.1) is 34.4 Å². The van der Waals surface area contributed by atoms with E-state index in [2.05, 4.69) is 37.3 Å². The Kier molecular flexibility index (Phi) is 4.75. The number of nitriles is 1. The van der Waals surface area contributed by atoms with Crippen molar-refractivity contribution < 1.29 is 9.18 Å². The van der Waals surface area contributed by atoms with Gasteiger partial charge in [-0.05, 0) is 51.3 Å². The molecule has 0 aliphatic rings. The lowest BCUT2D eigenvalue weighted by Gasteiger charge is -2.02. The van der Waals surface area contributed by atoms with Crippen molar-refractivity contribution in [2.45, 2.75) is 13.0 Å². The molecule has 8 heteroatoms. The van der Waals surface area contributed by atoms with Gasteiger partial charge in [0.15, 0.2) is 5.78 Å². The normalized spacial score (nSPS) is 10.9. The van der Waals surface area contributed by atoms with Crippen LogP contribution in [0, 0.1) is 17.1 Å². The average Bonchev–Trinajstić information content (AvgIpc) is 3.29. The number of nitrogens with one attached hydrogen (secondary N) is 1. The molecule has 138 valence electrons. The average molecular weight is 438 g/mol. The molecule has 2 heterocycles. The van der Waals surface area contributed by atoms with Gasteiger partial charge in [-0.25, -0.2) is 4.39 Å². The van der Waals surface area contributed by atoms with Crippen LogP contribution in [0.25, 0.3) is 10.9 Å². The van der Waals surface area contributed by atoms with E-state index in [4.69, 9.17) is 5.26 Å². The monoisotopic (exact) mass is 437 g/mol. The van der Waals surface area contributed by atoms with E-state index in [1.807, 2.05) is 12.1 Å². The Morgan fingerprint density at radius 3 is 2.96 bits per heavy atom. The number of nitrogens with zero attached hydrogens (tertiary/aromatic N) is 4. The highest BCUT2D eigenvalue weighted by Crippen LogP contribution is 2.25. The molecule has 4 aromatic rings. The first-order valence-electron chi connectivity index (χ1n) is 8.40. The highest BCUT2D eigenvalue weighted by molar-refractivity contribution is 9.10. The minimum Gasteiger partial charge on any atom is -0.292 e. The van der Waals surface area contributed by atoms with Gasteiger partial charge in [0.1, 0.15) is 11.5 Å². The first-order valence-corrected chi connectivity index (χ1v) is 9.19. The summed E-state index contributed by atoms with van der Waals surface area (Å²) in [5.74, 6) is -0.672. The van der Waals surface area contributed by atoms with E-state index in [1.165, 1.54) is 6.07 Å². The zero-order chi connectivity index (χ0) is 19.7. The van der Waals surface area contributed by atoms with Crippen LogP contribution in [0.5, 0.6) is 0 Å². The van der Waals surface area contributed by atoms with Crippen LogP contribution in [0.15, 0.2) is 53.3 Å². The zero-order valence-electron chi connectivity index (χ0n) is 14.5. The molecule has 2 aromatic carbocycles.